The van der Waals surface area contributed by atoms with Gasteiger partial charge in [-0.2, -0.15) is 4.98 Å². The second kappa shape index (κ2) is 6.72. The maximum Gasteiger partial charge on any atom is 0.266 e. The summed E-state index contributed by atoms with van der Waals surface area (Å²) in [4.78, 5) is 24.7. The second-order valence-corrected chi connectivity index (χ2v) is 5.78. The molecule has 0 spiro atoms. The van der Waals surface area contributed by atoms with Gasteiger partial charge in [0.1, 0.15) is 0 Å². The lowest BCUT2D eigenvalue weighted by Gasteiger charge is -2.33. The van der Waals surface area contributed by atoms with E-state index in [1.165, 1.54) is 0 Å². The zero-order valence-electron chi connectivity index (χ0n) is 13.6. The molecule has 25 heavy (non-hydrogen) atoms. The zero-order valence-corrected chi connectivity index (χ0v) is 13.6. The Kier molecular flexibility index (Phi) is 4.12. The fourth-order valence-corrected chi connectivity index (χ4v) is 2.83. The first-order valence-corrected chi connectivity index (χ1v) is 8.14. The fraction of sp³-hybridized carbons (Fsp3) is 0.222. The molecule has 0 saturated carbocycles. The van der Waals surface area contributed by atoms with Gasteiger partial charge in [0.15, 0.2) is 0 Å². The van der Waals surface area contributed by atoms with Crippen molar-refractivity contribution in [1.82, 2.24) is 20.0 Å². The lowest BCUT2D eigenvalue weighted by molar-refractivity contribution is 0.0746. The summed E-state index contributed by atoms with van der Waals surface area (Å²) in [5.41, 5.74) is 1.56. The minimum atomic E-state index is 0.0279. The highest BCUT2D eigenvalue weighted by Crippen LogP contribution is 2.21. The van der Waals surface area contributed by atoms with Gasteiger partial charge in [-0.15, -0.1) is 0 Å². The van der Waals surface area contributed by atoms with Crippen LogP contribution < -0.4 is 4.90 Å². The SMILES string of the molecule is O=C(c1ccncc1)N1CCN(c2noc(-c3ccccc3)n2)CC1. The molecular formula is C18H17N5O2. The first-order valence-electron chi connectivity index (χ1n) is 8.14. The van der Waals surface area contributed by atoms with Crippen LogP contribution in [0.25, 0.3) is 11.5 Å². The van der Waals surface area contributed by atoms with Gasteiger partial charge in [0.2, 0.25) is 0 Å². The van der Waals surface area contributed by atoms with Crippen LogP contribution in [0.2, 0.25) is 0 Å². The van der Waals surface area contributed by atoms with Crippen molar-refractivity contribution in [3.63, 3.8) is 0 Å². The number of anilines is 1. The van der Waals surface area contributed by atoms with Crippen LogP contribution in [0, 0.1) is 0 Å². The van der Waals surface area contributed by atoms with Gasteiger partial charge in [-0.3, -0.25) is 9.78 Å². The largest absolute Gasteiger partial charge is 0.335 e. The number of nitrogens with zero attached hydrogens (tertiary/aromatic N) is 5. The Bertz CT molecular complexity index is 842. The van der Waals surface area contributed by atoms with E-state index in [-0.39, 0.29) is 5.91 Å². The van der Waals surface area contributed by atoms with Gasteiger partial charge in [0.05, 0.1) is 0 Å². The van der Waals surface area contributed by atoms with Crippen molar-refractivity contribution in [2.45, 2.75) is 0 Å². The topological polar surface area (TPSA) is 75.4 Å². The highest BCUT2D eigenvalue weighted by atomic mass is 16.5. The number of hydrogen-bond acceptors (Lipinski definition) is 6. The van der Waals surface area contributed by atoms with Gasteiger partial charge in [-0.05, 0) is 29.4 Å². The van der Waals surface area contributed by atoms with Gasteiger partial charge in [0.25, 0.3) is 17.7 Å². The van der Waals surface area contributed by atoms with Gasteiger partial charge in [-0.25, -0.2) is 0 Å². The molecule has 3 aromatic rings. The predicted molar refractivity (Wildman–Crippen MR) is 92.1 cm³/mol. The van der Waals surface area contributed by atoms with Crippen LogP contribution in [0.1, 0.15) is 10.4 Å². The van der Waals surface area contributed by atoms with E-state index < -0.39 is 0 Å². The minimum absolute atomic E-state index is 0.0279. The van der Waals surface area contributed by atoms with Gasteiger partial charge >= 0.3 is 0 Å². The van der Waals surface area contributed by atoms with E-state index in [1.54, 1.807) is 24.5 Å². The smallest absolute Gasteiger partial charge is 0.266 e. The zero-order chi connectivity index (χ0) is 17.1. The van der Waals surface area contributed by atoms with Crippen LogP contribution in [-0.2, 0) is 0 Å². The summed E-state index contributed by atoms with van der Waals surface area (Å²) >= 11 is 0. The molecule has 1 amide bonds. The number of rotatable bonds is 3. The van der Waals surface area contributed by atoms with Gasteiger partial charge in [0, 0.05) is 49.7 Å². The molecule has 1 aromatic carbocycles. The normalized spacial score (nSPS) is 14.6. The Morgan fingerprint density at radius 2 is 1.68 bits per heavy atom. The molecule has 3 heterocycles. The van der Waals surface area contributed by atoms with E-state index in [0.29, 0.717) is 43.6 Å². The molecule has 2 aromatic heterocycles. The molecule has 0 radical (unpaired) electrons. The van der Waals surface area contributed by atoms with Crippen LogP contribution in [0.15, 0.2) is 59.4 Å². The van der Waals surface area contributed by atoms with Crippen molar-refractivity contribution >= 4 is 11.9 Å². The van der Waals surface area contributed by atoms with Crippen molar-refractivity contribution in [2.24, 2.45) is 0 Å². The Morgan fingerprint density at radius 3 is 2.40 bits per heavy atom. The summed E-state index contributed by atoms with van der Waals surface area (Å²) in [7, 11) is 0. The van der Waals surface area contributed by atoms with Crippen molar-refractivity contribution < 1.29 is 9.32 Å². The van der Waals surface area contributed by atoms with Crippen LogP contribution in [0.4, 0.5) is 5.95 Å². The van der Waals surface area contributed by atoms with Crippen LogP contribution >= 0.6 is 0 Å². The average Bonchev–Trinajstić information content (AvgIpc) is 3.19. The van der Waals surface area contributed by atoms with E-state index in [1.807, 2.05) is 40.1 Å². The molecule has 1 aliphatic rings. The predicted octanol–water partition coefficient (Wildman–Crippen LogP) is 2.09. The summed E-state index contributed by atoms with van der Waals surface area (Å²) in [6.45, 7) is 2.59. The Hall–Kier alpha value is -3.22. The van der Waals surface area contributed by atoms with Crippen molar-refractivity contribution in [2.75, 3.05) is 31.1 Å². The highest BCUT2D eigenvalue weighted by Gasteiger charge is 2.24. The molecular weight excluding hydrogens is 318 g/mol. The molecule has 7 heteroatoms. The Morgan fingerprint density at radius 1 is 0.960 bits per heavy atom. The number of hydrogen-bond donors (Lipinski definition) is 0. The molecule has 1 aliphatic heterocycles. The molecule has 0 bridgehead atoms. The summed E-state index contributed by atoms with van der Waals surface area (Å²) in [5.74, 6) is 1.10. The minimum Gasteiger partial charge on any atom is -0.335 e. The van der Waals surface area contributed by atoms with E-state index in [4.69, 9.17) is 4.52 Å². The van der Waals surface area contributed by atoms with E-state index in [0.717, 1.165) is 5.56 Å². The second-order valence-electron chi connectivity index (χ2n) is 5.78. The molecule has 0 atom stereocenters. The first-order chi connectivity index (χ1) is 12.3. The molecule has 4 rings (SSSR count). The summed E-state index contributed by atoms with van der Waals surface area (Å²) < 4.78 is 5.36. The summed E-state index contributed by atoms with van der Waals surface area (Å²) in [6, 6.07) is 13.1. The third-order valence-corrected chi connectivity index (χ3v) is 4.21. The van der Waals surface area contributed by atoms with Crippen LogP contribution in [0.5, 0.6) is 0 Å². The van der Waals surface area contributed by atoms with Gasteiger partial charge < -0.3 is 14.3 Å². The van der Waals surface area contributed by atoms with E-state index in [2.05, 4.69) is 15.1 Å². The first kappa shape index (κ1) is 15.3. The van der Waals surface area contributed by atoms with Crippen molar-refractivity contribution in [3.05, 3.63) is 60.4 Å². The summed E-state index contributed by atoms with van der Waals surface area (Å²) in [5, 5.41) is 4.07. The maximum atomic E-state index is 12.5. The molecule has 7 nitrogen and oxygen atoms in total. The highest BCUT2D eigenvalue weighted by molar-refractivity contribution is 5.94. The van der Waals surface area contributed by atoms with Crippen molar-refractivity contribution in [1.29, 1.82) is 0 Å². The number of pyridine rings is 1. The number of carbonyl (C=O) groups is 1. The Balaban J connectivity index is 1.41. The molecule has 126 valence electrons. The maximum absolute atomic E-state index is 12.5. The number of benzene rings is 1. The van der Waals surface area contributed by atoms with E-state index in [9.17, 15) is 4.79 Å². The van der Waals surface area contributed by atoms with Crippen LogP contribution in [-0.4, -0.2) is 52.1 Å². The lowest BCUT2D eigenvalue weighted by atomic mass is 10.2. The monoisotopic (exact) mass is 335 g/mol. The summed E-state index contributed by atoms with van der Waals surface area (Å²) in [6.07, 6.45) is 3.27. The van der Waals surface area contributed by atoms with E-state index >= 15 is 0 Å². The van der Waals surface area contributed by atoms with Crippen molar-refractivity contribution in [3.8, 4) is 11.5 Å². The number of aromatic nitrogens is 3. The molecule has 0 unspecified atom stereocenters. The average molecular weight is 335 g/mol. The molecule has 0 aliphatic carbocycles. The quantitative estimate of drug-likeness (QED) is 0.729. The molecule has 1 saturated heterocycles. The third kappa shape index (κ3) is 3.21. The molecule has 0 N–H and O–H groups in total. The number of piperazine rings is 1. The fourth-order valence-electron chi connectivity index (χ4n) is 2.83. The standard InChI is InChI=1S/C18H17N5O2/c24-17(15-6-8-19-9-7-15)22-10-12-23(13-11-22)18-20-16(25-21-18)14-4-2-1-3-5-14/h1-9H,10-13H2. The number of amides is 1. The number of carbonyl (C=O) groups excluding carboxylic acids is 1. The Labute approximate surface area is 144 Å². The third-order valence-electron chi connectivity index (χ3n) is 4.21. The van der Waals surface area contributed by atoms with Crippen LogP contribution in [0.3, 0.4) is 0 Å². The molecule has 1 fully saturated rings. The lowest BCUT2D eigenvalue weighted by Crippen LogP contribution is -2.49. The van der Waals surface area contributed by atoms with Gasteiger partial charge in [-0.1, -0.05) is 18.2 Å².